The van der Waals surface area contributed by atoms with E-state index in [-0.39, 0.29) is 9.92 Å². The van der Waals surface area contributed by atoms with Crippen LogP contribution in [0.25, 0.3) is 0 Å². The zero-order chi connectivity index (χ0) is 14.8. The molecule has 0 aliphatic rings. The van der Waals surface area contributed by atoms with Gasteiger partial charge in [0.05, 0.1) is 17.8 Å². The molecule has 2 aromatic rings. The summed E-state index contributed by atoms with van der Waals surface area (Å²) in [5.41, 5.74) is 1.30. The van der Waals surface area contributed by atoms with Crippen molar-refractivity contribution in [2.45, 2.75) is 11.8 Å². The van der Waals surface area contributed by atoms with E-state index in [2.05, 4.69) is 4.72 Å². The minimum atomic E-state index is -3.76. The highest BCUT2D eigenvalue weighted by atomic mass is 35.5. The monoisotopic (exact) mass is 311 g/mol. The van der Waals surface area contributed by atoms with Gasteiger partial charge in [-0.3, -0.25) is 4.72 Å². The number of hydrogen-bond donors (Lipinski definition) is 1. The zero-order valence-corrected chi connectivity index (χ0v) is 12.6. The Balaban J connectivity index is 2.44. The van der Waals surface area contributed by atoms with Crippen molar-refractivity contribution in [2.24, 2.45) is 0 Å². The van der Waals surface area contributed by atoms with Crippen LogP contribution in [-0.4, -0.2) is 15.5 Å². The van der Waals surface area contributed by atoms with E-state index in [1.807, 2.05) is 13.0 Å². The minimum Gasteiger partial charge on any atom is -0.495 e. The number of sulfonamides is 1. The van der Waals surface area contributed by atoms with Crippen molar-refractivity contribution in [1.82, 2.24) is 0 Å². The average Bonchev–Trinajstić information content (AvgIpc) is 2.39. The van der Waals surface area contributed by atoms with Gasteiger partial charge in [0.2, 0.25) is 0 Å². The molecule has 0 spiro atoms. The molecular formula is C14H14ClNO3S. The SMILES string of the molecule is COc1ccc(C)cc1NS(=O)(=O)c1ccccc1Cl. The summed E-state index contributed by atoms with van der Waals surface area (Å²) in [5.74, 6) is 0.450. The highest BCUT2D eigenvalue weighted by Gasteiger charge is 2.19. The Morgan fingerprint density at radius 2 is 1.85 bits per heavy atom. The minimum absolute atomic E-state index is 0.0326. The highest BCUT2D eigenvalue weighted by Crippen LogP contribution is 2.29. The Morgan fingerprint density at radius 1 is 1.15 bits per heavy atom. The Bertz CT molecular complexity index is 729. The van der Waals surface area contributed by atoms with Crippen LogP contribution in [0.4, 0.5) is 5.69 Å². The summed E-state index contributed by atoms with van der Waals surface area (Å²) >= 11 is 5.93. The lowest BCUT2D eigenvalue weighted by molar-refractivity contribution is 0.417. The van der Waals surface area contributed by atoms with Crippen LogP contribution in [0.2, 0.25) is 5.02 Å². The Kier molecular flexibility index (Phi) is 4.20. The second-order valence-corrected chi connectivity index (χ2v) is 6.30. The molecule has 0 aliphatic carbocycles. The molecule has 106 valence electrons. The van der Waals surface area contributed by atoms with Crippen LogP contribution in [0.3, 0.4) is 0 Å². The fourth-order valence-electron chi connectivity index (χ4n) is 1.76. The van der Waals surface area contributed by atoms with Crippen molar-refractivity contribution in [3.63, 3.8) is 0 Å². The number of halogens is 1. The molecule has 6 heteroatoms. The number of rotatable bonds is 4. The maximum absolute atomic E-state index is 12.4. The third-order valence-electron chi connectivity index (χ3n) is 2.73. The van der Waals surface area contributed by atoms with Gasteiger partial charge in [0.25, 0.3) is 10.0 Å². The van der Waals surface area contributed by atoms with E-state index >= 15 is 0 Å². The van der Waals surface area contributed by atoms with Crippen molar-refractivity contribution in [3.8, 4) is 5.75 Å². The molecule has 0 atom stereocenters. The normalized spacial score (nSPS) is 11.2. The molecule has 0 heterocycles. The van der Waals surface area contributed by atoms with Gasteiger partial charge in [-0.05, 0) is 36.8 Å². The molecule has 1 N–H and O–H groups in total. The molecule has 0 bridgehead atoms. The second-order valence-electron chi connectivity index (χ2n) is 4.24. The van der Waals surface area contributed by atoms with Crippen LogP contribution in [0, 0.1) is 6.92 Å². The fourth-order valence-corrected chi connectivity index (χ4v) is 3.35. The smallest absolute Gasteiger partial charge is 0.263 e. The van der Waals surface area contributed by atoms with Crippen molar-refractivity contribution >= 4 is 27.3 Å². The molecule has 2 aromatic carbocycles. The van der Waals surface area contributed by atoms with Gasteiger partial charge in [0.1, 0.15) is 10.6 Å². The maximum Gasteiger partial charge on any atom is 0.263 e. The fraction of sp³-hybridized carbons (Fsp3) is 0.143. The summed E-state index contributed by atoms with van der Waals surface area (Å²) in [6.07, 6.45) is 0. The number of aryl methyl sites for hydroxylation is 1. The summed E-state index contributed by atoms with van der Waals surface area (Å²) in [4.78, 5) is 0.0326. The van der Waals surface area contributed by atoms with Gasteiger partial charge in [-0.25, -0.2) is 8.42 Å². The highest BCUT2D eigenvalue weighted by molar-refractivity contribution is 7.92. The molecule has 0 aromatic heterocycles. The Morgan fingerprint density at radius 3 is 2.50 bits per heavy atom. The van der Waals surface area contributed by atoms with Gasteiger partial charge in [0, 0.05) is 0 Å². The molecule has 0 aliphatic heterocycles. The molecule has 0 unspecified atom stereocenters. The van der Waals surface area contributed by atoms with Crippen LogP contribution in [0.15, 0.2) is 47.4 Å². The quantitative estimate of drug-likeness (QED) is 0.940. The summed E-state index contributed by atoms with van der Waals surface area (Å²) in [7, 11) is -2.27. The molecule has 0 radical (unpaired) electrons. The van der Waals surface area contributed by atoms with Crippen molar-refractivity contribution in [2.75, 3.05) is 11.8 Å². The number of nitrogens with one attached hydrogen (secondary N) is 1. The average molecular weight is 312 g/mol. The Hall–Kier alpha value is -1.72. The van der Waals surface area contributed by atoms with Crippen LogP contribution < -0.4 is 9.46 Å². The van der Waals surface area contributed by atoms with Crippen molar-refractivity contribution < 1.29 is 13.2 Å². The molecular weight excluding hydrogens is 298 g/mol. The first-order chi connectivity index (χ1) is 9.44. The first kappa shape index (κ1) is 14.7. The standard InChI is InChI=1S/C14H14ClNO3S/c1-10-7-8-13(19-2)12(9-10)16-20(17,18)14-6-4-3-5-11(14)15/h3-9,16H,1-2H3. The van der Waals surface area contributed by atoms with Gasteiger partial charge in [-0.1, -0.05) is 29.8 Å². The van der Waals surface area contributed by atoms with E-state index in [1.54, 1.807) is 24.3 Å². The summed E-state index contributed by atoms with van der Waals surface area (Å²) in [6, 6.07) is 11.5. The van der Waals surface area contributed by atoms with E-state index in [0.717, 1.165) is 5.56 Å². The summed E-state index contributed by atoms with van der Waals surface area (Å²) in [6.45, 7) is 1.87. The van der Waals surface area contributed by atoms with Crippen molar-refractivity contribution in [1.29, 1.82) is 0 Å². The molecule has 20 heavy (non-hydrogen) atoms. The predicted octanol–water partition coefficient (Wildman–Crippen LogP) is 3.46. The molecule has 2 rings (SSSR count). The summed E-state index contributed by atoms with van der Waals surface area (Å²) < 4.78 is 32.4. The number of ether oxygens (including phenoxy) is 1. The van der Waals surface area contributed by atoms with Gasteiger partial charge in [0.15, 0.2) is 0 Å². The van der Waals surface area contributed by atoms with Crippen molar-refractivity contribution in [3.05, 3.63) is 53.1 Å². The zero-order valence-electron chi connectivity index (χ0n) is 11.1. The molecule has 4 nitrogen and oxygen atoms in total. The third-order valence-corrected chi connectivity index (χ3v) is 4.59. The van der Waals surface area contributed by atoms with Gasteiger partial charge < -0.3 is 4.74 Å². The van der Waals surface area contributed by atoms with Crippen LogP contribution in [0.1, 0.15) is 5.56 Å². The lowest BCUT2D eigenvalue weighted by Crippen LogP contribution is -2.14. The van der Waals surface area contributed by atoms with Gasteiger partial charge in [-0.2, -0.15) is 0 Å². The number of hydrogen-bond acceptors (Lipinski definition) is 3. The molecule has 0 saturated carbocycles. The number of anilines is 1. The number of benzene rings is 2. The molecule has 0 amide bonds. The maximum atomic E-state index is 12.4. The van der Waals surface area contributed by atoms with Crippen LogP contribution in [0.5, 0.6) is 5.75 Å². The molecule has 0 saturated heterocycles. The van der Waals surface area contributed by atoms with Gasteiger partial charge >= 0.3 is 0 Å². The Labute approximate surface area is 123 Å². The van der Waals surface area contributed by atoms with Gasteiger partial charge in [-0.15, -0.1) is 0 Å². The van der Waals surface area contributed by atoms with Crippen LogP contribution in [-0.2, 0) is 10.0 Å². The molecule has 0 fully saturated rings. The summed E-state index contributed by atoms with van der Waals surface area (Å²) in [5, 5.41) is 0.173. The topological polar surface area (TPSA) is 55.4 Å². The third kappa shape index (κ3) is 3.05. The van der Waals surface area contributed by atoms with E-state index in [0.29, 0.717) is 11.4 Å². The lowest BCUT2D eigenvalue weighted by Gasteiger charge is -2.13. The predicted molar refractivity (Wildman–Crippen MR) is 80.0 cm³/mol. The second kappa shape index (κ2) is 5.73. The van der Waals surface area contributed by atoms with E-state index in [1.165, 1.54) is 19.2 Å². The number of methoxy groups -OCH3 is 1. The van der Waals surface area contributed by atoms with Crippen LogP contribution >= 0.6 is 11.6 Å². The van der Waals surface area contributed by atoms with E-state index in [9.17, 15) is 8.42 Å². The largest absolute Gasteiger partial charge is 0.495 e. The lowest BCUT2D eigenvalue weighted by atomic mass is 10.2. The van der Waals surface area contributed by atoms with E-state index < -0.39 is 10.0 Å². The first-order valence-electron chi connectivity index (χ1n) is 5.86. The first-order valence-corrected chi connectivity index (χ1v) is 7.72. The van der Waals surface area contributed by atoms with E-state index in [4.69, 9.17) is 16.3 Å².